The lowest BCUT2D eigenvalue weighted by Gasteiger charge is -2.10. The lowest BCUT2D eigenvalue weighted by Crippen LogP contribution is -2.26. The Hall–Kier alpha value is -2.15. The fourth-order valence-corrected chi connectivity index (χ4v) is 2.32. The Kier molecular flexibility index (Phi) is 3.06. The molecule has 3 aromatic rings. The van der Waals surface area contributed by atoms with E-state index in [1.807, 2.05) is 6.07 Å². The largest absolute Gasteiger partial charge is 0.443 e. The molecule has 0 aromatic carbocycles. The molecule has 0 saturated carbocycles. The molecule has 0 saturated heterocycles. The summed E-state index contributed by atoms with van der Waals surface area (Å²) < 4.78 is 7.66. The van der Waals surface area contributed by atoms with Gasteiger partial charge in [0.1, 0.15) is 5.65 Å². The average Bonchev–Trinajstić information content (AvgIpc) is 3.03. The van der Waals surface area contributed by atoms with Crippen molar-refractivity contribution in [1.29, 1.82) is 0 Å². The number of carbonyl (C=O) groups is 1. The maximum atomic E-state index is 12.2. The molecule has 20 heavy (non-hydrogen) atoms. The predicted octanol–water partition coefficient (Wildman–Crippen LogP) is 2.98. The van der Waals surface area contributed by atoms with Crippen LogP contribution in [0.2, 0.25) is 0 Å². The van der Waals surface area contributed by atoms with Gasteiger partial charge in [0.25, 0.3) is 0 Å². The van der Waals surface area contributed by atoms with Gasteiger partial charge >= 0.3 is 6.03 Å². The van der Waals surface area contributed by atoms with Crippen molar-refractivity contribution in [1.82, 2.24) is 19.4 Å². The van der Waals surface area contributed by atoms with Crippen LogP contribution in [0.15, 0.2) is 39.9 Å². The van der Waals surface area contributed by atoms with Gasteiger partial charge in [0.15, 0.2) is 12.2 Å². The second kappa shape index (κ2) is 4.75. The summed E-state index contributed by atoms with van der Waals surface area (Å²) in [6.07, 6.45) is 6.34. The smallest absolute Gasteiger partial charge is 0.329 e. The molecule has 0 aliphatic carbocycles. The zero-order valence-electron chi connectivity index (χ0n) is 10.9. The lowest BCUT2D eigenvalue weighted by atomic mass is 10.2. The standard InChI is InChI=1S/C13H11BrN4O2/c1-17(2)13(19)18-6-10(11-5-15-7-20-11)9-3-8(14)4-16-12(9)18/h3-7H,1-2H3. The van der Waals surface area contributed by atoms with Gasteiger partial charge in [0.2, 0.25) is 0 Å². The molecule has 6 nitrogen and oxygen atoms in total. The van der Waals surface area contributed by atoms with Crippen LogP contribution in [0.1, 0.15) is 0 Å². The van der Waals surface area contributed by atoms with Crippen LogP contribution >= 0.6 is 15.9 Å². The summed E-state index contributed by atoms with van der Waals surface area (Å²) in [6, 6.07) is 1.73. The van der Waals surface area contributed by atoms with Gasteiger partial charge in [0.05, 0.1) is 6.20 Å². The van der Waals surface area contributed by atoms with Crippen molar-refractivity contribution in [3.05, 3.63) is 35.5 Å². The predicted molar refractivity (Wildman–Crippen MR) is 77.4 cm³/mol. The SMILES string of the molecule is CN(C)C(=O)n1cc(-c2cnco2)c2cc(Br)cnc21. The number of carbonyl (C=O) groups excluding carboxylic acids is 1. The van der Waals surface area contributed by atoms with Gasteiger partial charge in [0, 0.05) is 41.9 Å². The summed E-state index contributed by atoms with van der Waals surface area (Å²) in [6.45, 7) is 0. The van der Waals surface area contributed by atoms with Crippen molar-refractivity contribution >= 4 is 33.0 Å². The molecule has 0 atom stereocenters. The van der Waals surface area contributed by atoms with Crippen LogP contribution in [0.25, 0.3) is 22.4 Å². The van der Waals surface area contributed by atoms with Gasteiger partial charge in [-0.05, 0) is 22.0 Å². The van der Waals surface area contributed by atoms with Crippen molar-refractivity contribution in [2.45, 2.75) is 0 Å². The zero-order chi connectivity index (χ0) is 14.3. The molecule has 0 aliphatic heterocycles. The summed E-state index contributed by atoms with van der Waals surface area (Å²) in [4.78, 5) is 21.9. The molecule has 0 unspecified atom stereocenters. The Morgan fingerprint density at radius 1 is 1.40 bits per heavy atom. The topological polar surface area (TPSA) is 64.2 Å². The van der Waals surface area contributed by atoms with Crippen LogP contribution in [-0.2, 0) is 0 Å². The number of fused-ring (bicyclic) bond motifs is 1. The van der Waals surface area contributed by atoms with E-state index >= 15 is 0 Å². The fraction of sp³-hybridized carbons (Fsp3) is 0.154. The summed E-state index contributed by atoms with van der Waals surface area (Å²) in [7, 11) is 3.39. The van der Waals surface area contributed by atoms with Gasteiger partial charge in [-0.2, -0.15) is 0 Å². The van der Waals surface area contributed by atoms with Gasteiger partial charge in [-0.25, -0.2) is 14.8 Å². The first-order valence-electron chi connectivity index (χ1n) is 5.85. The molecule has 102 valence electrons. The Morgan fingerprint density at radius 3 is 2.85 bits per heavy atom. The highest BCUT2D eigenvalue weighted by molar-refractivity contribution is 9.10. The van der Waals surface area contributed by atoms with E-state index in [4.69, 9.17) is 4.42 Å². The highest BCUT2D eigenvalue weighted by atomic mass is 79.9. The molecular formula is C13H11BrN4O2. The molecule has 3 rings (SSSR count). The number of pyridine rings is 1. The maximum Gasteiger partial charge on any atom is 0.329 e. The van der Waals surface area contributed by atoms with Crippen LogP contribution in [0.3, 0.4) is 0 Å². The van der Waals surface area contributed by atoms with Crippen molar-refractivity contribution < 1.29 is 9.21 Å². The first-order valence-corrected chi connectivity index (χ1v) is 6.64. The zero-order valence-corrected chi connectivity index (χ0v) is 12.5. The van der Waals surface area contributed by atoms with Gasteiger partial charge < -0.3 is 9.32 Å². The van der Waals surface area contributed by atoms with E-state index in [0.717, 1.165) is 15.4 Å². The minimum absolute atomic E-state index is 0.171. The highest BCUT2D eigenvalue weighted by Crippen LogP contribution is 2.31. The second-order valence-corrected chi connectivity index (χ2v) is 5.40. The normalized spacial score (nSPS) is 10.9. The summed E-state index contributed by atoms with van der Waals surface area (Å²) in [5, 5.41) is 0.825. The molecule has 7 heteroatoms. The van der Waals surface area contributed by atoms with E-state index in [1.165, 1.54) is 15.9 Å². The van der Waals surface area contributed by atoms with Gasteiger partial charge in [-0.3, -0.25) is 4.57 Å². The fourth-order valence-electron chi connectivity index (χ4n) is 1.99. The number of oxazole rings is 1. The highest BCUT2D eigenvalue weighted by Gasteiger charge is 2.18. The van der Waals surface area contributed by atoms with Gasteiger partial charge in [-0.15, -0.1) is 0 Å². The van der Waals surface area contributed by atoms with E-state index in [1.54, 1.807) is 32.7 Å². The number of aromatic nitrogens is 3. The van der Waals surface area contributed by atoms with E-state index in [9.17, 15) is 4.79 Å². The van der Waals surface area contributed by atoms with Crippen LogP contribution in [0, 0.1) is 0 Å². The van der Waals surface area contributed by atoms with Crippen LogP contribution in [0.5, 0.6) is 0 Å². The molecule has 0 aliphatic rings. The van der Waals surface area contributed by atoms with Crippen molar-refractivity contribution in [3.8, 4) is 11.3 Å². The monoisotopic (exact) mass is 334 g/mol. The molecule has 3 aromatic heterocycles. The minimum atomic E-state index is -0.171. The molecule has 0 radical (unpaired) electrons. The lowest BCUT2D eigenvalue weighted by molar-refractivity contribution is 0.220. The summed E-state index contributed by atoms with van der Waals surface area (Å²) in [5.74, 6) is 0.597. The Bertz CT molecular complexity index is 777. The molecule has 1 amide bonds. The molecule has 0 spiro atoms. The average molecular weight is 335 g/mol. The van der Waals surface area contributed by atoms with Crippen molar-refractivity contribution in [2.24, 2.45) is 0 Å². The van der Waals surface area contributed by atoms with E-state index < -0.39 is 0 Å². The number of nitrogens with zero attached hydrogens (tertiary/aromatic N) is 4. The molecule has 0 fully saturated rings. The van der Waals surface area contributed by atoms with Crippen LogP contribution in [0.4, 0.5) is 4.79 Å². The number of rotatable bonds is 1. The number of amides is 1. The van der Waals surface area contributed by atoms with Crippen molar-refractivity contribution in [3.63, 3.8) is 0 Å². The third-order valence-corrected chi connectivity index (χ3v) is 3.33. The molecule has 3 heterocycles. The summed E-state index contributed by atoms with van der Waals surface area (Å²) in [5.41, 5.74) is 1.36. The Morgan fingerprint density at radius 2 is 2.20 bits per heavy atom. The van der Waals surface area contributed by atoms with Gasteiger partial charge in [-0.1, -0.05) is 0 Å². The van der Waals surface area contributed by atoms with E-state index in [-0.39, 0.29) is 6.03 Å². The van der Waals surface area contributed by atoms with E-state index in [2.05, 4.69) is 25.9 Å². The first-order chi connectivity index (χ1) is 9.58. The second-order valence-electron chi connectivity index (χ2n) is 4.48. The maximum absolute atomic E-state index is 12.2. The summed E-state index contributed by atoms with van der Waals surface area (Å²) >= 11 is 3.39. The van der Waals surface area contributed by atoms with Crippen LogP contribution in [-0.4, -0.2) is 39.6 Å². The minimum Gasteiger partial charge on any atom is -0.443 e. The number of hydrogen-bond acceptors (Lipinski definition) is 4. The quantitative estimate of drug-likeness (QED) is 0.686. The van der Waals surface area contributed by atoms with E-state index in [0.29, 0.717) is 11.4 Å². The molecule has 0 bridgehead atoms. The van der Waals surface area contributed by atoms with Crippen molar-refractivity contribution in [2.75, 3.05) is 14.1 Å². The number of halogens is 1. The molecular weight excluding hydrogens is 324 g/mol. The Labute approximate surface area is 123 Å². The first kappa shape index (κ1) is 12.9. The Balaban J connectivity index is 2.30. The third-order valence-electron chi connectivity index (χ3n) is 2.90. The number of hydrogen-bond donors (Lipinski definition) is 0. The molecule has 0 N–H and O–H groups in total. The third kappa shape index (κ3) is 2.00. The van der Waals surface area contributed by atoms with Crippen LogP contribution < -0.4 is 0 Å².